The van der Waals surface area contributed by atoms with Crippen LogP contribution in [0, 0.1) is 11.8 Å². The predicted octanol–water partition coefficient (Wildman–Crippen LogP) is 3.17. The van der Waals surface area contributed by atoms with Crippen molar-refractivity contribution in [1.82, 2.24) is 14.7 Å². The summed E-state index contributed by atoms with van der Waals surface area (Å²) in [7, 11) is 1.47. The standard InChI is InChI=1S/C32H29N3O4/c1-33-29(37)27-25(18-17-22-11-5-2-6-12-22)35-26(36)21-34(20-24-15-9-4-10-16-24)31(39)32(35,28(27)30(33)38)19-23-13-7-3-8-14-23/h2-18,25,27-28H,19-21H2,1H3/b18-17+/t25-,27+,28-,32-/m1/s1. The third kappa shape index (κ3) is 3.96. The Bertz CT molecular complexity index is 1460. The fourth-order valence-electron chi connectivity index (χ4n) is 6.56. The molecule has 3 heterocycles. The Morgan fingerprint density at radius 1 is 0.795 bits per heavy atom. The van der Waals surface area contributed by atoms with Crippen molar-refractivity contribution in [3.63, 3.8) is 0 Å². The van der Waals surface area contributed by atoms with E-state index in [9.17, 15) is 19.2 Å². The lowest BCUT2D eigenvalue weighted by atomic mass is 9.74. The van der Waals surface area contributed by atoms with E-state index in [0.29, 0.717) is 0 Å². The van der Waals surface area contributed by atoms with Crippen LogP contribution in [0.15, 0.2) is 97.1 Å². The Balaban J connectivity index is 1.51. The average Bonchev–Trinajstić information content (AvgIpc) is 3.38. The lowest BCUT2D eigenvalue weighted by Gasteiger charge is -2.48. The highest BCUT2D eigenvalue weighted by atomic mass is 16.2. The summed E-state index contributed by atoms with van der Waals surface area (Å²) in [5.74, 6) is -3.14. The number of fused-ring (bicyclic) bond motifs is 3. The van der Waals surface area contributed by atoms with E-state index in [1.54, 1.807) is 9.80 Å². The first-order valence-electron chi connectivity index (χ1n) is 13.2. The van der Waals surface area contributed by atoms with Gasteiger partial charge in [0.2, 0.25) is 17.7 Å². The van der Waals surface area contributed by atoms with E-state index in [4.69, 9.17) is 0 Å². The van der Waals surface area contributed by atoms with Gasteiger partial charge in [-0.1, -0.05) is 103 Å². The minimum absolute atomic E-state index is 0.113. The van der Waals surface area contributed by atoms with Crippen molar-refractivity contribution in [2.75, 3.05) is 13.6 Å². The minimum atomic E-state index is -1.51. The Labute approximate surface area is 227 Å². The zero-order valence-corrected chi connectivity index (χ0v) is 21.6. The van der Waals surface area contributed by atoms with Gasteiger partial charge in [-0.25, -0.2) is 0 Å². The minimum Gasteiger partial charge on any atom is -0.327 e. The maximum atomic E-state index is 14.6. The van der Waals surface area contributed by atoms with Crippen molar-refractivity contribution in [2.24, 2.45) is 11.8 Å². The molecule has 7 heteroatoms. The van der Waals surface area contributed by atoms with Crippen molar-refractivity contribution in [3.05, 3.63) is 114 Å². The first kappa shape index (κ1) is 24.8. The quantitative estimate of drug-likeness (QED) is 0.469. The van der Waals surface area contributed by atoms with Crippen molar-refractivity contribution in [1.29, 1.82) is 0 Å². The van der Waals surface area contributed by atoms with Crippen molar-refractivity contribution in [3.8, 4) is 0 Å². The molecule has 3 fully saturated rings. The molecule has 0 spiro atoms. The molecule has 196 valence electrons. The second kappa shape index (κ2) is 9.66. The van der Waals surface area contributed by atoms with E-state index in [0.717, 1.165) is 21.6 Å². The van der Waals surface area contributed by atoms with Crippen LogP contribution in [0.1, 0.15) is 16.7 Å². The lowest BCUT2D eigenvalue weighted by molar-refractivity contribution is -0.168. The van der Waals surface area contributed by atoms with Gasteiger partial charge in [0.1, 0.15) is 12.1 Å². The van der Waals surface area contributed by atoms with Gasteiger partial charge < -0.3 is 9.80 Å². The van der Waals surface area contributed by atoms with Crippen LogP contribution in [0.3, 0.4) is 0 Å². The van der Waals surface area contributed by atoms with Crippen LogP contribution in [0.5, 0.6) is 0 Å². The molecule has 3 aliphatic rings. The van der Waals surface area contributed by atoms with E-state index in [1.165, 1.54) is 7.05 Å². The number of nitrogens with zero attached hydrogens (tertiary/aromatic N) is 3. The Morgan fingerprint density at radius 2 is 1.38 bits per heavy atom. The monoisotopic (exact) mass is 519 g/mol. The van der Waals surface area contributed by atoms with Crippen LogP contribution in [-0.4, -0.2) is 63.5 Å². The van der Waals surface area contributed by atoms with Gasteiger partial charge in [0.15, 0.2) is 0 Å². The number of amides is 4. The highest BCUT2D eigenvalue weighted by Crippen LogP contribution is 2.53. The van der Waals surface area contributed by atoms with Crippen LogP contribution in [0.25, 0.3) is 6.08 Å². The highest BCUT2D eigenvalue weighted by molar-refractivity contribution is 6.13. The first-order chi connectivity index (χ1) is 18.9. The molecule has 3 aromatic carbocycles. The Kier molecular flexibility index (Phi) is 6.14. The predicted molar refractivity (Wildman–Crippen MR) is 146 cm³/mol. The number of carbonyl (C=O) groups excluding carboxylic acids is 4. The number of hydrogen-bond donors (Lipinski definition) is 0. The van der Waals surface area contributed by atoms with Gasteiger partial charge in [-0.05, 0) is 16.7 Å². The zero-order chi connectivity index (χ0) is 27.1. The number of benzene rings is 3. The molecule has 0 radical (unpaired) electrons. The largest absolute Gasteiger partial charge is 0.327 e. The zero-order valence-electron chi connectivity index (χ0n) is 21.6. The average molecular weight is 520 g/mol. The molecule has 4 atom stereocenters. The molecule has 0 aromatic heterocycles. The molecule has 3 aromatic rings. The third-order valence-corrected chi connectivity index (χ3v) is 8.25. The summed E-state index contributed by atoms with van der Waals surface area (Å²) in [6.45, 7) is 0.132. The first-order valence-corrected chi connectivity index (χ1v) is 13.2. The number of imide groups is 1. The molecular weight excluding hydrogens is 490 g/mol. The molecular formula is C32H29N3O4. The molecule has 4 amide bonds. The van der Waals surface area contributed by atoms with Gasteiger partial charge >= 0.3 is 0 Å². The molecule has 0 bridgehead atoms. The Morgan fingerprint density at radius 3 is 2.03 bits per heavy atom. The highest BCUT2D eigenvalue weighted by Gasteiger charge is 2.73. The van der Waals surface area contributed by atoms with E-state index < -0.39 is 29.3 Å². The van der Waals surface area contributed by atoms with Crippen LogP contribution in [0.4, 0.5) is 0 Å². The van der Waals surface area contributed by atoms with Crippen LogP contribution < -0.4 is 0 Å². The van der Waals surface area contributed by atoms with E-state index in [-0.39, 0.29) is 37.2 Å². The lowest BCUT2D eigenvalue weighted by Crippen LogP contribution is -2.70. The molecule has 6 rings (SSSR count). The molecule has 7 nitrogen and oxygen atoms in total. The molecule has 0 unspecified atom stereocenters. The molecule has 39 heavy (non-hydrogen) atoms. The summed E-state index contributed by atoms with van der Waals surface area (Å²) in [4.78, 5) is 60.2. The number of likely N-dealkylation sites (tertiary alicyclic amines) is 1. The summed E-state index contributed by atoms with van der Waals surface area (Å²) in [6, 6.07) is 27.8. The van der Waals surface area contributed by atoms with Crippen molar-refractivity contribution >= 4 is 29.7 Å². The number of carbonyl (C=O) groups is 4. The molecule has 3 saturated heterocycles. The second-order valence-electron chi connectivity index (χ2n) is 10.5. The topological polar surface area (TPSA) is 78.0 Å². The Hall–Kier alpha value is -4.52. The van der Waals surface area contributed by atoms with Crippen LogP contribution >= 0.6 is 0 Å². The number of piperazine rings is 1. The smallest absolute Gasteiger partial charge is 0.250 e. The number of hydrogen-bond acceptors (Lipinski definition) is 4. The SMILES string of the molecule is CN1C(=O)[C@H]2[C@@H](/C=C/c3ccccc3)N3C(=O)CN(Cc4ccccc4)C(=O)[C@@]3(Cc3ccccc3)[C@H]2C1=O. The van der Waals surface area contributed by atoms with Crippen LogP contribution in [0.2, 0.25) is 0 Å². The molecule has 0 saturated carbocycles. The van der Waals surface area contributed by atoms with Crippen LogP contribution in [-0.2, 0) is 32.1 Å². The molecule has 0 aliphatic carbocycles. The van der Waals surface area contributed by atoms with E-state index in [2.05, 4.69) is 0 Å². The normalized spacial score (nSPS) is 26.5. The van der Waals surface area contributed by atoms with Gasteiger partial charge in [-0.3, -0.25) is 24.1 Å². The molecule has 3 aliphatic heterocycles. The van der Waals surface area contributed by atoms with Gasteiger partial charge in [0.05, 0.1) is 17.9 Å². The summed E-state index contributed by atoms with van der Waals surface area (Å²) >= 11 is 0. The van der Waals surface area contributed by atoms with Gasteiger partial charge in [0.25, 0.3) is 5.91 Å². The van der Waals surface area contributed by atoms with E-state index in [1.807, 2.05) is 103 Å². The van der Waals surface area contributed by atoms with Crippen molar-refractivity contribution < 1.29 is 19.2 Å². The second-order valence-corrected chi connectivity index (χ2v) is 10.5. The van der Waals surface area contributed by atoms with Gasteiger partial charge in [0, 0.05) is 20.0 Å². The summed E-state index contributed by atoms with van der Waals surface area (Å²) in [5.41, 5.74) is 1.11. The fourth-order valence-corrected chi connectivity index (χ4v) is 6.56. The maximum absolute atomic E-state index is 14.6. The third-order valence-electron chi connectivity index (χ3n) is 8.25. The van der Waals surface area contributed by atoms with Gasteiger partial charge in [-0.2, -0.15) is 0 Å². The fraction of sp³-hybridized carbons (Fsp3) is 0.250. The number of rotatable bonds is 6. The van der Waals surface area contributed by atoms with Crippen molar-refractivity contribution in [2.45, 2.75) is 24.5 Å². The van der Waals surface area contributed by atoms with E-state index >= 15 is 0 Å². The van der Waals surface area contributed by atoms with Gasteiger partial charge in [-0.15, -0.1) is 0 Å². The summed E-state index contributed by atoms with van der Waals surface area (Å²) < 4.78 is 0. The summed E-state index contributed by atoms with van der Waals surface area (Å²) in [5, 5.41) is 0. The molecule has 0 N–H and O–H groups in total. The summed E-state index contributed by atoms with van der Waals surface area (Å²) in [6.07, 6.45) is 3.83. The maximum Gasteiger partial charge on any atom is 0.250 e.